The monoisotopic (exact) mass is 231 g/mol. The molecular weight excluding hydrogens is 216 g/mol. The maximum Gasteiger partial charge on any atom is 0.358 e. The van der Waals surface area contributed by atoms with Gasteiger partial charge in [-0.05, 0) is 19.8 Å². The highest BCUT2D eigenvalue weighted by Gasteiger charge is 2.48. The standard InChI is InChI=1S/C10H15F2N3O/c1-6-9(13)5-15(14-6)8-3-7(4-8)10(11,12)16-2/h5,7-8H,3-4,13H2,1-2H3. The summed E-state index contributed by atoms with van der Waals surface area (Å²) >= 11 is 0. The van der Waals surface area contributed by atoms with Crippen LogP contribution in [0.1, 0.15) is 24.6 Å². The van der Waals surface area contributed by atoms with Crippen LogP contribution in [-0.2, 0) is 4.74 Å². The third-order valence-electron chi connectivity index (χ3n) is 3.19. The van der Waals surface area contributed by atoms with E-state index < -0.39 is 12.0 Å². The van der Waals surface area contributed by atoms with Crippen LogP contribution in [-0.4, -0.2) is 23.0 Å². The van der Waals surface area contributed by atoms with Gasteiger partial charge in [-0.2, -0.15) is 13.9 Å². The van der Waals surface area contributed by atoms with Gasteiger partial charge in [0.1, 0.15) is 0 Å². The fourth-order valence-corrected chi connectivity index (χ4v) is 1.93. The summed E-state index contributed by atoms with van der Waals surface area (Å²) < 4.78 is 32.0. The summed E-state index contributed by atoms with van der Waals surface area (Å²) in [6, 6.07) is 0.0158. The van der Waals surface area contributed by atoms with Gasteiger partial charge in [0, 0.05) is 13.3 Å². The predicted octanol–water partition coefficient (Wildman–Crippen LogP) is 1.96. The number of methoxy groups -OCH3 is 1. The molecule has 0 spiro atoms. The van der Waals surface area contributed by atoms with Crippen LogP contribution in [0.2, 0.25) is 0 Å². The lowest BCUT2D eigenvalue weighted by Gasteiger charge is -2.38. The molecule has 1 saturated carbocycles. The molecule has 90 valence electrons. The lowest BCUT2D eigenvalue weighted by molar-refractivity contribution is -0.276. The lowest BCUT2D eigenvalue weighted by Crippen LogP contribution is -2.41. The number of nitrogen functional groups attached to an aromatic ring is 1. The van der Waals surface area contributed by atoms with Crippen molar-refractivity contribution in [1.82, 2.24) is 9.78 Å². The maximum atomic E-state index is 13.1. The van der Waals surface area contributed by atoms with E-state index in [0.717, 1.165) is 12.8 Å². The average molecular weight is 231 g/mol. The first-order chi connectivity index (χ1) is 7.44. The molecule has 0 saturated heterocycles. The number of aryl methyl sites for hydroxylation is 1. The number of hydrogen-bond acceptors (Lipinski definition) is 3. The third-order valence-corrected chi connectivity index (χ3v) is 3.19. The summed E-state index contributed by atoms with van der Waals surface area (Å²) in [7, 11) is 1.03. The molecule has 1 fully saturated rings. The molecule has 0 aromatic carbocycles. The van der Waals surface area contributed by atoms with Crippen molar-refractivity contribution in [2.24, 2.45) is 5.92 Å². The molecule has 1 aliphatic carbocycles. The van der Waals surface area contributed by atoms with Crippen LogP contribution in [0.3, 0.4) is 0 Å². The van der Waals surface area contributed by atoms with E-state index in [1.807, 2.05) is 0 Å². The molecule has 2 N–H and O–H groups in total. The summed E-state index contributed by atoms with van der Waals surface area (Å²) in [4.78, 5) is 0. The predicted molar refractivity (Wildman–Crippen MR) is 55.1 cm³/mol. The number of alkyl halides is 2. The summed E-state index contributed by atoms with van der Waals surface area (Å²) in [6.45, 7) is 1.80. The minimum atomic E-state index is -3.02. The molecule has 1 heterocycles. The van der Waals surface area contributed by atoms with Crippen molar-refractivity contribution in [2.75, 3.05) is 12.8 Å². The van der Waals surface area contributed by atoms with Crippen molar-refractivity contribution >= 4 is 5.69 Å². The molecule has 0 radical (unpaired) electrons. The van der Waals surface area contributed by atoms with Gasteiger partial charge in [0.15, 0.2) is 0 Å². The van der Waals surface area contributed by atoms with Crippen LogP contribution in [0.25, 0.3) is 0 Å². The zero-order chi connectivity index (χ0) is 11.9. The highest BCUT2D eigenvalue weighted by molar-refractivity contribution is 5.39. The Morgan fingerprint density at radius 3 is 2.62 bits per heavy atom. The summed E-state index contributed by atoms with van der Waals surface area (Å²) in [6.07, 6.45) is -0.575. The summed E-state index contributed by atoms with van der Waals surface area (Å²) in [5.74, 6) is -0.715. The molecule has 0 bridgehead atoms. The first kappa shape index (κ1) is 11.3. The van der Waals surface area contributed by atoms with E-state index in [1.54, 1.807) is 17.8 Å². The van der Waals surface area contributed by atoms with Crippen LogP contribution < -0.4 is 5.73 Å². The van der Waals surface area contributed by atoms with Crippen molar-refractivity contribution in [3.8, 4) is 0 Å². The van der Waals surface area contributed by atoms with Gasteiger partial charge in [-0.1, -0.05) is 0 Å². The Hall–Kier alpha value is -1.17. The van der Waals surface area contributed by atoms with E-state index in [1.165, 1.54) is 0 Å². The molecule has 2 rings (SSSR count). The second kappa shape index (κ2) is 3.69. The molecule has 0 atom stereocenters. The fourth-order valence-electron chi connectivity index (χ4n) is 1.93. The second-order valence-electron chi connectivity index (χ2n) is 4.24. The zero-order valence-corrected chi connectivity index (χ0v) is 9.28. The number of rotatable bonds is 3. The Bertz CT molecular complexity index is 366. The van der Waals surface area contributed by atoms with E-state index >= 15 is 0 Å². The van der Waals surface area contributed by atoms with Crippen LogP contribution in [0, 0.1) is 12.8 Å². The highest BCUT2D eigenvalue weighted by atomic mass is 19.3. The van der Waals surface area contributed by atoms with Crippen LogP contribution in [0.15, 0.2) is 6.20 Å². The Kier molecular flexibility index (Phi) is 2.61. The van der Waals surface area contributed by atoms with E-state index in [4.69, 9.17) is 5.73 Å². The number of nitrogens with two attached hydrogens (primary N) is 1. The van der Waals surface area contributed by atoms with E-state index in [0.29, 0.717) is 18.5 Å². The van der Waals surface area contributed by atoms with Crippen molar-refractivity contribution in [2.45, 2.75) is 31.9 Å². The normalized spacial score (nSPS) is 25.5. The Morgan fingerprint density at radius 2 is 2.19 bits per heavy atom. The first-order valence-electron chi connectivity index (χ1n) is 5.18. The quantitative estimate of drug-likeness (QED) is 0.865. The maximum absolute atomic E-state index is 13.1. The SMILES string of the molecule is COC(F)(F)C1CC(n2cc(N)c(C)n2)C1. The van der Waals surface area contributed by atoms with Gasteiger partial charge in [0.05, 0.1) is 23.3 Å². The largest absolute Gasteiger partial charge is 0.396 e. The summed E-state index contributed by atoms with van der Waals surface area (Å²) in [5, 5.41) is 4.18. The zero-order valence-electron chi connectivity index (χ0n) is 9.28. The van der Waals surface area contributed by atoms with Gasteiger partial charge in [0.25, 0.3) is 0 Å². The molecular formula is C10H15F2N3O. The Morgan fingerprint density at radius 1 is 1.56 bits per heavy atom. The van der Waals surface area contributed by atoms with Crippen molar-refractivity contribution in [3.05, 3.63) is 11.9 Å². The number of nitrogens with zero attached hydrogens (tertiary/aromatic N) is 2. The molecule has 1 aliphatic rings. The Labute approximate surface area is 92.4 Å². The molecule has 0 unspecified atom stereocenters. The van der Waals surface area contributed by atoms with E-state index in [9.17, 15) is 8.78 Å². The molecule has 16 heavy (non-hydrogen) atoms. The minimum Gasteiger partial charge on any atom is -0.396 e. The molecule has 6 heteroatoms. The first-order valence-corrected chi connectivity index (χ1v) is 5.18. The summed E-state index contributed by atoms with van der Waals surface area (Å²) in [5.41, 5.74) is 6.98. The molecule has 4 nitrogen and oxygen atoms in total. The van der Waals surface area contributed by atoms with Crippen LogP contribution in [0.5, 0.6) is 0 Å². The molecule has 0 aliphatic heterocycles. The van der Waals surface area contributed by atoms with Crippen molar-refractivity contribution < 1.29 is 13.5 Å². The third kappa shape index (κ3) is 1.77. The smallest absolute Gasteiger partial charge is 0.358 e. The van der Waals surface area contributed by atoms with Gasteiger partial charge >= 0.3 is 6.11 Å². The van der Waals surface area contributed by atoms with Gasteiger partial charge in [-0.3, -0.25) is 4.68 Å². The van der Waals surface area contributed by atoms with Gasteiger partial charge < -0.3 is 10.5 Å². The number of anilines is 1. The topological polar surface area (TPSA) is 53.1 Å². The molecule has 1 aromatic heterocycles. The van der Waals surface area contributed by atoms with Gasteiger partial charge in [0.2, 0.25) is 0 Å². The number of ether oxygens (including phenoxy) is 1. The van der Waals surface area contributed by atoms with Crippen molar-refractivity contribution in [3.63, 3.8) is 0 Å². The lowest BCUT2D eigenvalue weighted by atomic mass is 9.79. The highest BCUT2D eigenvalue weighted by Crippen LogP contribution is 2.46. The van der Waals surface area contributed by atoms with Crippen LogP contribution in [0.4, 0.5) is 14.5 Å². The Balaban J connectivity index is 1.98. The van der Waals surface area contributed by atoms with Crippen LogP contribution >= 0.6 is 0 Å². The van der Waals surface area contributed by atoms with E-state index in [-0.39, 0.29) is 6.04 Å². The fraction of sp³-hybridized carbons (Fsp3) is 0.700. The van der Waals surface area contributed by atoms with Gasteiger partial charge in [-0.25, -0.2) is 0 Å². The second-order valence-corrected chi connectivity index (χ2v) is 4.24. The average Bonchev–Trinajstić information content (AvgIpc) is 2.44. The van der Waals surface area contributed by atoms with Gasteiger partial charge in [-0.15, -0.1) is 0 Å². The number of hydrogen-bond donors (Lipinski definition) is 1. The molecule has 0 amide bonds. The van der Waals surface area contributed by atoms with Crippen molar-refractivity contribution in [1.29, 1.82) is 0 Å². The number of aromatic nitrogens is 2. The number of halogens is 2. The van der Waals surface area contributed by atoms with E-state index in [2.05, 4.69) is 9.84 Å². The molecule has 1 aromatic rings. The minimum absolute atomic E-state index is 0.0158.